The van der Waals surface area contributed by atoms with E-state index in [1.165, 1.54) is 0 Å². The molecule has 1 saturated heterocycles. The summed E-state index contributed by atoms with van der Waals surface area (Å²) in [5.41, 5.74) is 6.83. The third-order valence-corrected chi connectivity index (χ3v) is 5.91. The van der Waals surface area contributed by atoms with E-state index in [2.05, 4.69) is 32.5 Å². The number of pyridine rings is 1. The van der Waals surface area contributed by atoms with E-state index in [0.717, 1.165) is 24.4 Å². The van der Waals surface area contributed by atoms with Crippen LogP contribution in [0.2, 0.25) is 0 Å². The Morgan fingerprint density at radius 3 is 2.94 bits per heavy atom. The van der Waals surface area contributed by atoms with E-state index >= 15 is 0 Å². The van der Waals surface area contributed by atoms with Crippen LogP contribution in [0.3, 0.4) is 0 Å². The molecule has 1 fully saturated rings. The van der Waals surface area contributed by atoms with Gasteiger partial charge in [0.15, 0.2) is 23.1 Å². The van der Waals surface area contributed by atoms with Crippen molar-refractivity contribution in [2.75, 3.05) is 31.2 Å². The minimum absolute atomic E-state index is 0.147. The highest BCUT2D eigenvalue weighted by Gasteiger charge is 2.24. The number of hydrogen-bond donors (Lipinski definition) is 3. The summed E-state index contributed by atoms with van der Waals surface area (Å²) >= 11 is 1.89. The van der Waals surface area contributed by atoms with Crippen molar-refractivity contribution in [1.29, 1.82) is 0 Å². The standard InChI is InChI=1S/C20H25N7O3S/c1-4-27-17-14(29-11-12-9-22-7-8-31-12)10-23-13(5-6-20(2,3)28)15(17)24-19(27)16-18(21)26-30-25-16/h10,12,22,28H,4,7-9,11H2,1-3H3,(H2,21,26). The van der Waals surface area contributed by atoms with Crippen LogP contribution in [0.4, 0.5) is 5.82 Å². The van der Waals surface area contributed by atoms with Gasteiger partial charge in [0.25, 0.3) is 0 Å². The maximum absolute atomic E-state index is 10.0. The zero-order valence-corrected chi connectivity index (χ0v) is 18.5. The second-order valence-corrected chi connectivity index (χ2v) is 9.07. The highest BCUT2D eigenvalue weighted by atomic mass is 32.2. The average Bonchev–Trinajstić information content (AvgIpc) is 3.34. The quantitative estimate of drug-likeness (QED) is 0.495. The summed E-state index contributed by atoms with van der Waals surface area (Å²) in [6.07, 6.45) is 1.65. The molecule has 0 bridgehead atoms. The normalized spacial score (nSPS) is 16.8. The lowest BCUT2D eigenvalue weighted by Gasteiger charge is -2.22. The van der Waals surface area contributed by atoms with Crippen LogP contribution < -0.4 is 15.8 Å². The summed E-state index contributed by atoms with van der Waals surface area (Å²) < 4.78 is 12.9. The zero-order valence-electron chi connectivity index (χ0n) is 17.7. The molecule has 31 heavy (non-hydrogen) atoms. The summed E-state index contributed by atoms with van der Waals surface area (Å²) in [5.74, 6) is 8.04. The molecule has 0 aromatic carbocycles. The maximum Gasteiger partial charge on any atom is 0.199 e. The molecular formula is C20H25N7O3S. The van der Waals surface area contributed by atoms with E-state index in [1.54, 1.807) is 20.0 Å². The van der Waals surface area contributed by atoms with Gasteiger partial charge in [-0.2, -0.15) is 11.8 Å². The van der Waals surface area contributed by atoms with Gasteiger partial charge in [-0.15, -0.1) is 0 Å². The van der Waals surface area contributed by atoms with Gasteiger partial charge in [-0.25, -0.2) is 14.6 Å². The molecular weight excluding hydrogens is 418 g/mol. The van der Waals surface area contributed by atoms with Crippen LogP contribution in [-0.4, -0.2) is 66.3 Å². The van der Waals surface area contributed by atoms with Crippen LogP contribution in [0.5, 0.6) is 5.75 Å². The molecule has 0 saturated carbocycles. The summed E-state index contributed by atoms with van der Waals surface area (Å²) in [6.45, 7) is 8.25. The summed E-state index contributed by atoms with van der Waals surface area (Å²) in [5, 5.41) is 21.3. The molecule has 3 aromatic rings. The number of nitrogens with two attached hydrogens (primary N) is 1. The summed E-state index contributed by atoms with van der Waals surface area (Å²) in [7, 11) is 0. The van der Waals surface area contributed by atoms with Crippen LogP contribution in [0.25, 0.3) is 22.6 Å². The number of nitrogens with zero attached hydrogens (tertiary/aromatic N) is 5. The molecule has 0 radical (unpaired) electrons. The van der Waals surface area contributed by atoms with Crippen molar-refractivity contribution in [3.05, 3.63) is 11.9 Å². The van der Waals surface area contributed by atoms with Gasteiger partial charge in [-0.1, -0.05) is 5.92 Å². The highest BCUT2D eigenvalue weighted by Crippen LogP contribution is 2.33. The number of aliphatic hydroxyl groups is 1. The number of nitrogen functional groups attached to an aromatic ring is 1. The fourth-order valence-corrected chi connectivity index (χ4v) is 4.27. The van der Waals surface area contributed by atoms with Gasteiger partial charge >= 0.3 is 0 Å². The Kier molecular flexibility index (Phi) is 6.04. The molecule has 3 aromatic heterocycles. The number of hydrogen-bond acceptors (Lipinski definition) is 10. The van der Waals surface area contributed by atoms with Crippen molar-refractivity contribution < 1.29 is 14.5 Å². The average molecular weight is 444 g/mol. The van der Waals surface area contributed by atoms with Crippen LogP contribution >= 0.6 is 11.8 Å². The predicted molar refractivity (Wildman–Crippen MR) is 119 cm³/mol. The Morgan fingerprint density at radius 1 is 1.45 bits per heavy atom. The second-order valence-electron chi connectivity index (χ2n) is 7.66. The van der Waals surface area contributed by atoms with E-state index in [0.29, 0.717) is 46.9 Å². The number of nitrogens with one attached hydrogen (secondary N) is 1. The van der Waals surface area contributed by atoms with E-state index in [4.69, 9.17) is 20.1 Å². The summed E-state index contributed by atoms with van der Waals surface area (Å²) in [6, 6.07) is 0. The number of thioether (sulfide) groups is 1. The number of aryl methyl sites for hydroxylation is 1. The van der Waals surface area contributed by atoms with Gasteiger partial charge in [-0.05, 0) is 37.0 Å². The maximum atomic E-state index is 10.0. The van der Waals surface area contributed by atoms with Crippen molar-refractivity contribution in [3.8, 4) is 29.1 Å². The molecule has 10 nitrogen and oxygen atoms in total. The molecule has 11 heteroatoms. The monoisotopic (exact) mass is 443 g/mol. The fraction of sp³-hybridized carbons (Fsp3) is 0.500. The van der Waals surface area contributed by atoms with Crippen LogP contribution in [0.15, 0.2) is 10.8 Å². The molecule has 0 amide bonds. The number of imidazole rings is 1. The predicted octanol–water partition coefficient (Wildman–Crippen LogP) is 1.29. The third-order valence-electron chi connectivity index (χ3n) is 4.69. The molecule has 0 spiro atoms. The molecule has 1 aliphatic rings. The lowest BCUT2D eigenvalue weighted by atomic mass is 10.1. The molecule has 4 rings (SSSR count). The van der Waals surface area contributed by atoms with E-state index in [1.807, 2.05) is 23.3 Å². The Bertz CT molecular complexity index is 1130. The van der Waals surface area contributed by atoms with E-state index < -0.39 is 5.60 Å². The molecule has 1 aliphatic heterocycles. The topological polar surface area (TPSA) is 137 Å². The Labute approximate surface area is 183 Å². The number of anilines is 1. The first-order valence-electron chi connectivity index (χ1n) is 10.1. The Balaban J connectivity index is 1.83. The fourth-order valence-electron chi connectivity index (χ4n) is 3.27. The Hall–Kier alpha value is -2.81. The minimum atomic E-state index is -1.16. The van der Waals surface area contributed by atoms with Gasteiger partial charge in [-0.3, -0.25) is 0 Å². The van der Waals surface area contributed by atoms with E-state index in [-0.39, 0.29) is 5.82 Å². The first-order valence-corrected chi connectivity index (χ1v) is 11.1. The van der Waals surface area contributed by atoms with E-state index in [9.17, 15) is 5.11 Å². The van der Waals surface area contributed by atoms with Gasteiger partial charge in [0.05, 0.1) is 11.4 Å². The van der Waals surface area contributed by atoms with Gasteiger partial charge in [0.1, 0.15) is 28.9 Å². The lowest BCUT2D eigenvalue weighted by Crippen LogP contribution is -2.36. The number of rotatable bonds is 5. The minimum Gasteiger partial charge on any atom is -0.488 e. The largest absolute Gasteiger partial charge is 0.488 e. The van der Waals surface area contributed by atoms with Crippen LogP contribution in [0, 0.1) is 11.8 Å². The van der Waals surface area contributed by atoms with Crippen molar-refractivity contribution >= 4 is 28.6 Å². The molecule has 0 aliphatic carbocycles. The SMILES string of the molecule is CCn1c(-c2nonc2N)nc2c(C#CC(C)(C)O)ncc(OCC3CNCCS3)c21. The highest BCUT2D eigenvalue weighted by molar-refractivity contribution is 8.00. The molecule has 4 heterocycles. The molecule has 4 N–H and O–H groups in total. The van der Waals surface area contributed by atoms with Crippen LogP contribution in [-0.2, 0) is 6.54 Å². The number of ether oxygens (including phenoxy) is 1. The molecule has 1 atom stereocenters. The smallest absolute Gasteiger partial charge is 0.199 e. The number of fused-ring (bicyclic) bond motifs is 1. The zero-order chi connectivity index (χ0) is 22.0. The molecule has 1 unspecified atom stereocenters. The number of aromatic nitrogens is 5. The van der Waals surface area contributed by atoms with Crippen LogP contribution in [0.1, 0.15) is 26.5 Å². The third kappa shape index (κ3) is 4.61. The first-order chi connectivity index (χ1) is 14.9. The first kappa shape index (κ1) is 21.4. The molecule has 164 valence electrons. The van der Waals surface area contributed by atoms with Gasteiger partial charge in [0, 0.05) is 25.4 Å². The second kappa shape index (κ2) is 8.74. The van der Waals surface area contributed by atoms with Gasteiger partial charge < -0.3 is 25.5 Å². The summed E-state index contributed by atoms with van der Waals surface area (Å²) in [4.78, 5) is 9.19. The van der Waals surface area contributed by atoms with Crippen molar-refractivity contribution in [3.63, 3.8) is 0 Å². The van der Waals surface area contributed by atoms with Crippen molar-refractivity contribution in [2.24, 2.45) is 0 Å². The van der Waals surface area contributed by atoms with Gasteiger partial charge in [0.2, 0.25) is 0 Å². The van der Waals surface area contributed by atoms with Crippen molar-refractivity contribution in [2.45, 2.75) is 38.2 Å². The van der Waals surface area contributed by atoms with Crippen molar-refractivity contribution in [1.82, 2.24) is 30.2 Å². The Morgan fingerprint density at radius 2 is 2.29 bits per heavy atom. The lowest BCUT2D eigenvalue weighted by molar-refractivity contribution is 0.143.